The molecule has 0 saturated heterocycles. The summed E-state index contributed by atoms with van der Waals surface area (Å²) in [5.41, 5.74) is 1.94. The molecule has 0 fully saturated rings. The number of hydrogen-bond donors (Lipinski definition) is 1. The third kappa shape index (κ3) is 5.99. The van der Waals surface area contributed by atoms with Crippen LogP contribution < -0.4 is 14.8 Å². The molecule has 0 aliphatic carbocycles. The molecule has 3 aromatic rings. The number of carbonyl (C=O) groups excluding carboxylic acids is 1. The summed E-state index contributed by atoms with van der Waals surface area (Å²) in [5.74, 6) is 3.58. The second-order valence-electron chi connectivity index (χ2n) is 6.14. The first-order chi connectivity index (χ1) is 14.2. The minimum atomic E-state index is -0.0488. The molecule has 0 radical (unpaired) electrons. The lowest BCUT2D eigenvalue weighted by Crippen LogP contribution is -2.23. The predicted molar refractivity (Wildman–Crippen MR) is 112 cm³/mol. The lowest BCUT2D eigenvalue weighted by atomic mass is 10.2. The summed E-state index contributed by atoms with van der Waals surface area (Å²) >= 11 is 1.73. The van der Waals surface area contributed by atoms with E-state index in [-0.39, 0.29) is 12.5 Å². The zero-order valence-electron chi connectivity index (χ0n) is 16.4. The Morgan fingerprint density at radius 3 is 2.72 bits per heavy atom. The number of nitrogens with zero attached hydrogens (tertiary/aromatic N) is 2. The number of rotatable bonds is 10. The van der Waals surface area contributed by atoms with Gasteiger partial charge < -0.3 is 19.3 Å². The van der Waals surface area contributed by atoms with Gasteiger partial charge in [-0.3, -0.25) is 4.79 Å². The summed E-state index contributed by atoms with van der Waals surface area (Å²) in [5, 5.41) is 6.78. The fourth-order valence-corrected chi connectivity index (χ4v) is 3.51. The second kappa shape index (κ2) is 10.5. The number of ether oxygens (including phenoxy) is 2. The van der Waals surface area contributed by atoms with Crippen LogP contribution >= 0.6 is 11.8 Å². The van der Waals surface area contributed by atoms with Gasteiger partial charge >= 0.3 is 0 Å². The van der Waals surface area contributed by atoms with Crippen molar-refractivity contribution in [1.29, 1.82) is 0 Å². The number of hydrogen-bond acceptors (Lipinski definition) is 7. The fraction of sp³-hybridized carbons (Fsp3) is 0.286. The van der Waals surface area contributed by atoms with Crippen molar-refractivity contribution in [2.45, 2.75) is 18.7 Å². The van der Waals surface area contributed by atoms with E-state index >= 15 is 0 Å². The van der Waals surface area contributed by atoms with Crippen LogP contribution in [0.5, 0.6) is 11.5 Å². The minimum absolute atomic E-state index is 0.0488. The van der Waals surface area contributed by atoms with Gasteiger partial charge in [0.25, 0.3) is 0 Å². The number of nitrogens with one attached hydrogen (secondary N) is 1. The van der Waals surface area contributed by atoms with E-state index in [1.807, 2.05) is 18.2 Å². The van der Waals surface area contributed by atoms with Crippen LogP contribution in [0.4, 0.5) is 0 Å². The highest BCUT2D eigenvalue weighted by Gasteiger charge is 2.15. The number of carbonyl (C=O) groups is 1. The number of benzene rings is 2. The molecule has 29 heavy (non-hydrogen) atoms. The molecule has 1 aromatic heterocycles. The van der Waals surface area contributed by atoms with Gasteiger partial charge in [0.05, 0.1) is 26.3 Å². The Morgan fingerprint density at radius 1 is 1.14 bits per heavy atom. The summed E-state index contributed by atoms with van der Waals surface area (Å²) in [6.45, 7) is 0.188. The number of amides is 1. The third-order valence-electron chi connectivity index (χ3n) is 4.14. The molecule has 8 heteroatoms. The summed E-state index contributed by atoms with van der Waals surface area (Å²) in [7, 11) is 3.15. The first-order valence-corrected chi connectivity index (χ1v) is 10.3. The second-order valence-corrected chi connectivity index (χ2v) is 7.25. The number of aromatic nitrogens is 2. The van der Waals surface area contributed by atoms with E-state index in [1.54, 1.807) is 44.2 Å². The molecule has 0 saturated carbocycles. The molecular formula is C21H23N3O4S. The maximum atomic E-state index is 12.0. The molecule has 0 atom stereocenters. The number of thioether (sulfide) groups is 1. The molecule has 0 aliphatic heterocycles. The van der Waals surface area contributed by atoms with Crippen LogP contribution in [-0.4, -0.2) is 36.0 Å². The van der Waals surface area contributed by atoms with Gasteiger partial charge in [0.2, 0.25) is 17.6 Å². The van der Waals surface area contributed by atoms with Crippen molar-refractivity contribution in [1.82, 2.24) is 15.5 Å². The molecule has 1 heterocycles. The van der Waals surface area contributed by atoms with E-state index in [4.69, 9.17) is 14.0 Å². The lowest BCUT2D eigenvalue weighted by Gasteiger charge is -2.07. The SMILES string of the molecule is COc1ccc(-c2noc(CNC(=O)CCSCc3ccccc3)n2)c(OC)c1. The van der Waals surface area contributed by atoms with Gasteiger partial charge in [-0.2, -0.15) is 16.7 Å². The topological polar surface area (TPSA) is 86.5 Å². The van der Waals surface area contributed by atoms with Crippen molar-refractivity contribution in [3.8, 4) is 22.9 Å². The fourth-order valence-electron chi connectivity index (χ4n) is 2.61. The molecule has 152 valence electrons. The minimum Gasteiger partial charge on any atom is -0.497 e. The van der Waals surface area contributed by atoms with Gasteiger partial charge in [-0.15, -0.1) is 0 Å². The van der Waals surface area contributed by atoms with Crippen LogP contribution in [0.3, 0.4) is 0 Å². The third-order valence-corrected chi connectivity index (χ3v) is 5.17. The summed E-state index contributed by atoms with van der Waals surface area (Å²) in [4.78, 5) is 16.4. The maximum Gasteiger partial charge on any atom is 0.246 e. The zero-order valence-corrected chi connectivity index (χ0v) is 17.2. The standard InChI is InChI=1S/C21H23N3O4S/c1-26-16-8-9-17(18(12-16)27-2)21-23-20(28-24-21)13-22-19(25)10-11-29-14-15-6-4-3-5-7-15/h3-9,12H,10-11,13-14H2,1-2H3,(H,22,25). The molecule has 2 aromatic carbocycles. The highest BCUT2D eigenvalue weighted by Crippen LogP contribution is 2.31. The largest absolute Gasteiger partial charge is 0.497 e. The van der Waals surface area contributed by atoms with Crippen molar-refractivity contribution in [2.24, 2.45) is 0 Å². The molecule has 0 spiro atoms. The first-order valence-electron chi connectivity index (χ1n) is 9.13. The summed E-state index contributed by atoms with van der Waals surface area (Å²) in [6.07, 6.45) is 0.435. The van der Waals surface area contributed by atoms with E-state index in [2.05, 4.69) is 27.6 Å². The van der Waals surface area contributed by atoms with Gasteiger partial charge in [0.15, 0.2) is 0 Å². The molecule has 0 unspecified atom stereocenters. The zero-order chi connectivity index (χ0) is 20.5. The van der Waals surface area contributed by atoms with E-state index < -0.39 is 0 Å². The molecule has 0 aliphatic rings. The molecule has 7 nitrogen and oxygen atoms in total. The van der Waals surface area contributed by atoms with E-state index in [0.29, 0.717) is 35.2 Å². The highest BCUT2D eigenvalue weighted by atomic mass is 32.2. The predicted octanol–water partition coefficient (Wildman–Crippen LogP) is 3.69. The van der Waals surface area contributed by atoms with Gasteiger partial charge in [-0.1, -0.05) is 35.5 Å². The van der Waals surface area contributed by atoms with Crippen LogP contribution in [0.1, 0.15) is 17.9 Å². The van der Waals surface area contributed by atoms with Crippen molar-refractivity contribution < 1.29 is 18.8 Å². The monoisotopic (exact) mass is 413 g/mol. The van der Waals surface area contributed by atoms with Crippen molar-refractivity contribution in [2.75, 3.05) is 20.0 Å². The van der Waals surface area contributed by atoms with Crippen molar-refractivity contribution in [3.63, 3.8) is 0 Å². The molecule has 3 rings (SSSR count). The van der Waals surface area contributed by atoms with Gasteiger partial charge in [0.1, 0.15) is 11.5 Å². The van der Waals surface area contributed by atoms with Gasteiger partial charge in [0, 0.05) is 24.0 Å². The first kappa shape index (κ1) is 20.7. The molecule has 0 bridgehead atoms. The Labute approximate surface area is 173 Å². The van der Waals surface area contributed by atoms with Crippen LogP contribution in [-0.2, 0) is 17.1 Å². The van der Waals surface area contributed by atoms with Crippen molar-refractivity contribution >= 4 is 17.7 Å². The molecule has 1 N–H and O–H groups in total. The van der Waals surface area contributed by atoms with E-state index in [1.165, 1.54) is 5.56 Å². The molecule has 1 amide bonds. The van der Waals surface area contributed by atoms with E-state index in [9.17, 15) is 4.79 Å². The van der Waals surface area contributed by atoms with Crippen molar-refractivity contribution in [3.05, 3.63) is 60.0 Å². The van der Waals surface area contributed by atoms with Crippen LogP contribution in [0.2, 0.25) is 0 Å². The Kier molecular flexibility index (Phi) is 7.52. The van der Waals surface area contributed by atoms with Crippen LogP contribution in [0.25, 0.3) is 11.4 Å². The maximum absolute atomic E-state index is 12.0. The summed E-state index contributed by atoms with van der Waals surface area (Å²) < 4.78 is 15.8. The molecular weight excluding hydrogens is 390 g/mol. The lowest BCUT2D eigenvalue weighted by molar-refractivity contribution is -0.120. The smallest absolute Gasteiger partial charge is 0.246 e. The Balaban J connectivity index is 1.46. The van der Waals surface area contributed by atoms with Gasteiger partial charge in [-0.05, 0) is 17.7 Å². The summed E-state index contributed by atoms with van der Waals surface area (Å²) in [6, 6.07) is 15.5. The van der Waals surface area contributed by atoms with Crippen LogP contribution in [0.15, 0.2) is 53.1 Å². The highest BCUT2D eigenvalue weighted by molar-refractivity contribution is 7.98. The average Bonchev–Trinajstić information content (AvgIpc) is 3.24. The normalized spacial score (nSPS) is 10.6. The van der Waals surface area contributed by atoms with Crippen LogP contribution in [0, 0.1) is 0 Å². The van der Waals surface area contributed by atoms with E-state index in [0.717, 1.165) is 11.5 Å². The Hall–Kier alpha value is -3.00. The Bertz CT molecular complexity index is 931. The quantitative estimate of drug-likeness (QED) is 0.507. The van der Waals surface area contributed by atoms with Gasteiger partial charge in [-0.25, -0.2) is 0 Å². The number of methoxy groups -OCH3 is 2. The average molecular weight is 413 g/mol. The Morgan fingerprint density at radius 2 is 1.97 bits per heavy atom.